The topological polar surface area (TPSA) is 35.5 Å². The standard InChI is InChI=1S/C6H13IN2O/c1-6(2)4(7)9(3)5(10)8-6/h4-5,8,10H,1-3H3. The normalized spacial score (nSPS) is 40.5. The molecule has 10 heavy (non-hydrogen) atoms. The molecule has 2 N–H and O–H groups in total. The van der Waals surface area contributed by atoms with Gasteiger partial charge in [0.15, 0.2) is 6.35 Å². The second kappa shape index (κ2) is 2.58. The van der Waals surface area contributed by atoms with Crippen LogP contribution in [0.25, 0.3) is 0 Å². The van der Waals surface area contributed by atoms with Crippen LogP contribution < -0.4 is 5.32 Å². The molecule has 0 aromatic heterocycles. The van der Waals surface area contributed by atoms with Gasteiger partial charge in [-0.25, -0.2) is 0 Å². The lowest BCUT2D eigenvalue weighted by Crippen LogP contribution is -2.41. The van der Waals surface area contributed by atoms with Crippen LogP contribution in [-0.2, 0) is 0 Å². The second-order valence-corrected chi connectivity index (χ2v) is 4.42. The molecular weight excluding hydrogens is 243 g/mol. The highest BCUT2D eigenvalue weighted by molar-refractivity contribution is 14.1. The van der Waals surface area contributed by atoms with Crippen LogP contribution in [0.1, 0.15) is 13.8 Å². The molecule has 2 atom stereocenters. The fraction of sp³-hybridized carbons (Fsp3) is 1.00. The third-order valence-corrected chi connectivity index (χ3v) is 4.28. The minimum Gasteiger partial charge on any atom is -0.365 e. The van der Waals surface area contributed by atoms with E-state index in [1.807, 2.05) is 11.9 Å². The second-order valence-electron chi connectivity index (χ2n) is 3.24. The maximum absolute atomic E-state index is 9.31. The Hall–Kier alpha value is 0.610. The third kappa shape index (κ3) is 1.30. The molecule has 0 radical (unpaired) electrons. The van der Waals surface area contributed by atoms with Gasteiger partial charge >= 0.3 is 0 Å². The Labute approximate surface area is 74.9 Å². The zero-order valence-electron chi connectivity index (χ0n) is 6.43. The van der Waals surface area contributed by atoms with Crippen molar-refractivity contribution in [2.24, 2.45) is 0 Å². The predicted molar refractivity (Wildman–Crippen MR) is 48.8 cm³/mol. The van der Waals surface area contributed by atoms with E-state index in [0.717, 1.165) is 0 Å². The van der Waals surface area contributed by atoms with Crippen molar-refractivity contribution < 1.29 is 5.11 Å². The molecular formula is C6H13IN2O. The van der Waals surface area contributed by atoms with Gasteiger partial charge in [0.05, 0.1) is 4.05 Å². The van der Waals surface area contributed by atoms with Gasteiger partial charge in [-0.2, -0.15) is 0 Å². The monoisotopic (exact) mass is 256 g/mol. The van der Waals surface area contributed by atoms with Crippen molar-refractivity contribution in [1.29, 1.82) is 0 Å². The summed E-state index contributed by atoms with van der Waals surface area (Å²) in [6, 6.07) is 0. The molecule has 1 aliphatic rings. The van der Waals surface area contributed by atoms with Crippen molar-refractivity contribution in [2.45, 2.75) is 29.8 Å². The number of nitrogens with zero attached hydrogens (tertiary/aromatic N) is 1. The molecule has 0 saturated carbocycles. The molecule has 0 amide bonds. The van der Waals surface area contributed by atoms with Crippen LogP contribution in [-0.4, -0.2) is 33.0 Å². The Kier molecular flexibility index (Phi) is 2.25. The highest BCUT2D eigenvalue weighted by atomic mass is 127. The maximum Gasteiger partial charge on any atom is 0.164 e. The quantitative estimate of drug-likeness (QED) is 0.372. The van der Waals surface area contributed by atoms with Gasteiger partial charge in [0, 0.05) is 5.54 Å². The van der Waals surface area contributed by atoms with Crippen molar-refractivity contribution in [2.75, 3.05) is 7.05 Å². The molecule has 0 spiro atoms. The lowest BCUT2D eigenvalue weighted by atomic mass is 10.1. The molecule has 3 nitrogen and oxygen atoms in total. The first-order valence-corrected chi connectivity index (χ1v) is 4.51. The zero-order valence-corrected chi connectivity index (χ0v) is 8.58. The predicted octanol–water partition coefficient (Wildman–Crippen LogP) is 0.337. The van der Waals surface area contributed by atoms with Crippen LogP contribution in [0.2, 0.25) is 0 Å². The number of likely N-dealkylation sites (N-methyl/N-ethyl adjacent to an activating group) is 1. The van der Waals surface area contributed by atoms with E-state index in [1.165, 1.54) is 0 Å². The van der Waals surface area contributed by atoms with E-state index in [9.17, 15) is 5.11 Å². The summed E-state index contributed by atoms with van der Waals surface area (Å²) < 4.78 is 0.347. The van der Waals surface area contributed by atoms with Crippen molar-refractivity contribution in [3.8, 4) is 0 Å². The van der Waals surface area contributed by atoms with E-state index >= 15 is 0 Å². The SMILES string of the molecule is CN1C(O)NC(C)(C)C1I. The summed E-state index contributed by atoms with van der Waals surface area (Å²) in [5, 5.41) is 12.4. The summed E-state index contributed by atoms with van der Waals surface area (Å²) in [5.74, 6) is 0. The molecule has 60 valence electrons. The molecule has 1 fully saturated rings. The Balaban J connectivity index is 2.71. The summed E-state index contributed by atoms with van der Waals surface area (Å²) in [4.78, 5) is 1.90. The number of rotatable bonds is 0. The zero-order chi connectivity index (χ0) is 7.94. The van der Waals surface area contributed by atoms with Gasteiger partial charge in [0.2, 0.25) is 0 Å². The lowest BCUT2D eigenvalue weighted by Gasteiger charge is -2.23. The molecule has 0 aromatic carbocycles. The van der Waals surface area contributed by atoms with Gasteiger partial charge in [0.1, 0.15) is 0 Å². The third-order valence-electron chi connectivity index (χ3n) is 1.84. The first-order chi connectivity index (χ1) is 4.45. The number of aliphatic hydroxyl groups is 1. The number of nitrogens with one attached hydrogen (secondary N) is 1. The Morgan fingerprint density at radius 3 is 2.20 bits per heavy atom. The van der Waals surface area contributed by atoms with Crippen LogP contribution in [0.15, 0.2) is 0 Å². The minimum absolute atomic E-state index is 0.00866. The molecule has 1 rings (SSSR count). The van der Waals surface area contributed by atoms with E-state index in [-0.39, 0.29) is 5.54 Å². The van der Waals surface area contributed by atoms with Crippen molar-refractivity contribution in [1.82, 2.24) is 10.2 Å². The summed E-state index contributed by atoms with van der Waals surface area (Å²) in [6.07, 6.45) is -0.489. The van der Waals surface area contributed by atoms with Gasteiger partial charge in [0.25, 0.3) is 0 Å². The van der Waals surface area contributed by atoms with Crippen LogP contribution in [0, 0.1) is 0 Å². The van der Waals surface area contributed by atoms with E-state index < -0.39 is 6.35 Å². The summed E-state index contributed by atoms with van der Waals surface area (Å²) >= 11 is 2.32. The average Bonchev–Trinajstić information content (AvgIpc) is 1.95. The Morgan fingerprint density at radius 2 is 2.10 bits per heavy atom. The highest BCUT2D eigenvalue weighted by Crippen LogP contribution is 2.27. The summed E-state index contributed by atoms with van der Waals surface area (Å²) in [5.41, 5.74) is 0.00866. The van der Waals surface area contributed by atoms with E-state index in [2.05, 4.69) is 41.8 Å². The minimum atomic E-state index is -0.489. The fourth-order valence-corrected chi connectivity index (χ4v) is 1.62. The number of hydrogen-bond acceptors (Lipinski definition) is 3. The number of halogens is 1. The first kappa shape index (κ1) is 8.70. The molecule has 1 aliphatic heterocycles. The van der Waals surface area contributed by atoms with Crippen LogP contribution in [0.5, 0.6) is 0 Å². The van der Waals surface area contributed by atoms with Gasteiger partial charge < -0.3 is 5.11 Å². The molecule has 1 heterocycles. The van der Waals surface area contributed by atoms with Gasteiger partial charge in [-0.15, -0.1) is 0 Å². The van der Waals surface area contributed by atoms with E-state index in [1.54, 1.807) is 0 Å². The number of hydrogen-bond donors (Lipinski definition) is 2. The largest absolute Gasteiger partial charge is 0.365 e. The van der Waals surface area contributed by atoms with Crippen LogP contribution in [0.3, 0.4) is 0 Å². The molecule has 0 aliphatic carbocycles. The van der Waals surface area contributed by atoms with E-state index in [4.69, 9.17) is 0 Å². The molecule has 4 heteroatoms. The fourth-order valence-electron chi connectivity index (χ4n) is 1.14. The first-order valence-electron chi connectivity index (χ1n) is 3.27. The molecule has 0 bridgehead atoms. The number of aliphatic hydroxyl groups excluding tert-OH is 1. The molecule has 0 aromatic rings. The van der Waals surface area contributed by atoms with E-state index in [0.29, 0.717) is 4.05 Å². The number of alkyl halides is 1. The van der Waals surface area contributed by atoms with Crippen molar-refractivity contribution in [3.63, 3.8) is 0 Å². The Bertz CT molecular complexity index is 140. The van der Waals surface area contributed by atoms with Crippen molar-refractivity contribution >= 4 is 22.6 Å². The maximum atomic E-state index is 9.31. The van der Waals surface area contributed by atoms with Crippen LogP contribution >= 0.6 is 22.6 Å². The highest BCUT2D eigenvalue weighted by Gasteiger charge is 2.41. The summed E-state index contributed by atoms with van der Waals surface area (Å²) in [7, 11) is 1.91. The Morgan fingerprint density at radius 1 is 1.60 bits per heavy atom. The van der Waals surface area contributed by atoms with Crippen LogP contribution in [0.4, 0.5) is 0 Å². The lowest BCUT2D eigenvalue weighted by molar-refractivity contribution is 0.0360. The summed E-state index contributed by atoms with van der Waals surface area (Å²) in [6.45, 7) is 4.16. The molecule has 2 unspecified atom stereocenters. The van der Waals surface area contributed by atoms with Crippen molar-refractivity contribution in [3.05, 3.63) is 0 Å². The van der Waals surface area contributed by atoms with Gasteiger partial charge in [-0.05, 0) is 20.9 Å². The molecule has 1 saturated heterocycles. The smallest absolute Gasteiger partial charge is 0.164 e. The van der Waals surface area contributed by atoms with Gasteiger partial charge in [-0.3, -0.25) is 10.2 Å². The van der Waals surface area contributed by atoms with Gasteiger partial charge in [-0.1, -0.05) is 22.6 Å². The average molecular weight is 256 g/mol.